The summed E-state index contributed by atoms with van der Waals surface area (Å²) in [5, 5.41) is 10.1. The minimum Gasteiger partial charge on any atom is -0.480 e. The van der Waals surface area contributed by atoms with E-state index in [-0.39, 0.29) is 12.8 Å². The molecule has 1 unspecified atom stereocenters. The molecule has 7 heteroatoms. The largest absolute Gasteiger partial charge is 0.480 e. The van der Waals surface area contributed by atoms with Crippen molar-refractivity contribution in [1.29, 1.82) is 0 Å². The monoisotopic (exact) mass is 428 g/mol. The van der Waals surface area contributed by atoms with Crippen LogP contribution in [0.3, 0.4) is 0 Å². The number of ether oxygens (including phenoxy) is 1. The van der Waals surface area contributed by atoms with E-state index in [1.165, 1.54) is 0 Å². The van der Waals surface area contributed by atoms with Gasteiger partial charge in [-0.05, 0) is 33.6 Å². The number of Topliss-reactive ketones (excluding diaryl/α,β-unsaturated/α-hetero) is 1. The first-order valence-electron chi connectivity index (χ1n) is 11.4. The first-order valence-corrected chi connectivity index (χ1v) is 11.4. The Labute approximate surface area is 182 Å². The van der Waals surface area contributed by atoms with Gasteiger partial charge in [0.15, 0.2) is 5.78 Å². The van der Waals surface area contributed by atoms with Gasteiger partial charge in [0, 0.05) is 18.5 Å². The summed E-state index contributed by atoms with van der Waals surface area (Å²) in [6.45, 7) is 9.07. The smallest absolute Gasteiger partial charge is 0.333 e. The van der Waals surface area contributed by atoms with Gasteiger partial charge in [-0.15, -0.1) is 0 Å². The van der Waals surface area contributed by atoms with E-state index in [0.717, 1.165) is 44.9 Å². The highest BCUT2D eigenvalue weighted by atomic mass is 16.6. The zero-order valence-corrected chi connectivity index (χ0v) is 19.7. The number of carboxylic acids is 1. The van der Waals surface area contributed by atoms with Gasteiger partial charge in [0.1, 0.15) is 5.60 Å². The summed E-state index contributed by atoms with van der Waals surface area (Å²) < 4.78 is 5.37. The molecule has 0 saturated heterocycles. The zero-order chi connectivity index (χ0) is 23.4. The molecule has 0 aromatic rings. The van der Waals surface area contributed by atoms with Gasteiger partial charge in [0.2, 0.25) is 5.41 Å². The second kappa shape index (κ2) is 13.8. The normalized spacial score (nSPS) is 15.8. The van der Waals surface area contributed by atoms with Crippen LogP contribution >= 0.6 is 0 Å². The number of nitrogens with two attached hydrogens (primary N) is 2. The predicted octanol–water partition coefficient (Wildman–Crippen LogP) is 3.95. The molecule has 5 N–H and O–H groups in total. The summed E-state index contributed by atoms with van der Waals surface area (Å²) >= 11 is 0. The lowest BCUT2D eigenvalue weighted by Gasteiger charge is -2.34. The van der Waals surface area contributed by atoms with Gasteiger partial charge in [-0.3, -0.25) is 14.4 Å². The summed E-state index contributed by atoms with van der Waals surface area (Å²) in [5.74, 6) is -3.40. The first-order chi connectivity index (χ1) is 13.9. The topological polar surface area (TPSA) is 133 Å². The number of carboxylic acid groups (broad SMARTS) is 1. The highest BCUT2D eigenvalue weighted by Gasteiger charge is 2.59. The van der Waals surface area contributed by atoms with E-state index in [0.29, 0.717) is 12.8 Å². The zero-order valence-electron chi connectivity index (χ0n) is 19.7. The molecule has 0 aliphatic rings. The number of hydrogen-bond donors (Lipinski definition) is 3. The van der Waals surface area contributed by atoms with Crippen LogP contribution in [0.25, 0.3) is 0 Å². The van der Waals surface area contributed by atoms with Crippen LogP contribution in [0.1, 0.15) is 105 Å². The Kier molecular flexibility index (Phi) is 13.1. The second-order valence-electron chi connectivity index (χ2n) is 9.31. The van der Waals surface area contributed by atoms with Crippen LogP contribution in [0.4, 0.5) is 0 Å². The molecule has 176 valence electrons. The van der Waals surface area contributed by atoms with Crippen LogP contribution in [0.15, 0.2) is 0 Å². The molecule has 7 nitrogen and oxygen atoms in total. The molecule has 0 bridgehead atoms. The maximum Gasteiger partial charge on any atom is 0.333 e. The number of carbonyl (C=O) groups excluding carboxylic acids is 2. The Morgan fingerprint density at radius 3 is 1.87 bits per heavy atom. The lowest BCUT2D eigenvalue weighted by molar-refractivity contribution is -0.180. The van der Waals surface area contributed by atoms with Crippen molar-refractivity contribution in [3.05, 3.63) is 0 Å². The van der Waals surface area contributed by atoms with Crippen LogP contribution in [0.2, 0.25) is 0 Å². The number of hydrogen-bond acceptors (Lipinski definition) is 6. The molecule has 0 fully saturated rings. The SMILES string of the molecule is CCCCCCC[C@H](N)[C@](C(=O)O)(C(=O)CC(N)CCCCC)C(=O)OC(C)(C)C. The summed E-state index contributed by atoms with van der Waals surface area (Å²) in [4.78, 5) is 38.6. The van der Waals surface area contributed by atoms with E-state index in [2.05, 4.69) is 13.8 Å². The van der Waals surface area contributed by atoms with Crippen molar-refractivity contribution in [2.75, 3.05) is 0 Å². The molecule has 0 aliphatic heterocycles. The summed E-state index contributed by atoms with van der Waals surface area (Å²) in [5.41, 5.74) is 8.96. The molecule has 0 heterocycles. The second-order valence-corrected chi connectivity index (χ2v) is 9.31. The molecule has 0 rings (SSSR count). The predicted molar refractivity (Wildman–Crippen MR) is 119 cm³/mol. The lowest BCUT2D eigenvalue weighted by atomic mass is 9.72. The maximum absolute atomic E-state index is 13.2. The third-order valence-corrected chi connectivity index (χ3v) is 5.30. The van der Waals surface area contributed by atoms with Crippen molar-refractivity contribution in [2.45, 2.75) is 123 Å². The Morgan fingerprint density at radius 1 is 0.867 bits per heavy atom. The van der Waals surface area contributed by atoms with E-state index in [1.54, 1.807) is 20.8 Å². The van der Waals surface area contributed by atoms with E-state index in [9.17, 15) is 19.5 Å². The summed E-state index contributed by atoms with van der Waals surface area (Å²) in [7, 11) is 0. The van der Waals surface area contributed by atoms with Crippen LogP contribution in [0.5, 0.6) is 0 Å². The highest BCUT2D eigenvalue weighted by molar-refractivity contribution is 6.20. The Hall–Kier alpha value is -1.47. The van der Waals surface area contributed by atoms with E-state index in [1.807, 2.05) is 0 Å². The Balaban J connectivity index is 5.64. The molecule has 0 aliphatic carbocycles. The van der Waals surface area contributed by atoms with Crippen molar-refractivity contribution < 1.29 is 24.2 Å². The van der Waals surface area contributed by atoms with Crippen LogP contribution in [-0.4, -0.2) is 40.5 Å². The van der Waals surface area contributed by atoms with Crippen LogP contribution < -0.4 is 11.5 Å². The number of esters is 1. The van der Waals surface area contributed by atoms with Crippen molar-refractivity contribution >= 4 is 17.7 Å². The van der Waals surface area contributed by atoms with E-state index >= 15 is 0 Å². The highest BCUT2D eigenvalue weighted by Crippen LogP contribution is 2.32. The van der Waals surface area contributed by atoms with Gasteiger partial charge >= 0.3 is 11.9 Å². The minimum absolute atomic E-state index is 0.210. The summed E-state index contributed by atoms with van der Waals surface area (Å²) in [6.07, 6.45) is 8.17. The van der Waals surface area contributed by atoms with Gasteiger partial charge in [0.25, 0.3) is 0 Å². The number of unbranched alkanes of at least 4 members (excludes halogenated alkanes) is 6. The Bertz CT molecular complexity index is 544. The molecule has 0 saturated carbocycles. The molecule has 0 amide bonds. The number of ketones is 1. The standard InChI is InChI=1S/C23H44N2O5/c1-6-8-10-11-13-15-18(25)23(20(27)28,21(29)30-22(3,4)5)19(26)16-17(24)14-12-9-7-2/h17-18H,6-16,24-25H2,1-5H3,(H,27,28)/t17?,18-,23+/m0/s1. The fourth-order valence-corrected chi connectivity index (χ4v) is 3.54. The average molecular weight is 429 g/mol. The van der Waals surface area contributed by atoms with Crippen molar-refractivity contribution in [2.24, 2.45) is 16.9 Å². The van der Waals surface area contributed by atoms with Gasteiger partial charge < -0.3 is 21.3 Å². The molecular weight excluding hydrogens is 384 g/mol. The molecule has 0 radical (unpaired) electrons. The molecular formula is C23H44N2O5. The van der Waals surface area contributed by atoms with E-state index in [4.69, 9.17) is 16.2 Å². The maximum atomic E-state index is 13.2. The van der Waals surface area contributed by atoms with Crippen molar-refractivity contribution in [3.8, 4) is 0 Å². The first kappa shape index (κ1) is 28.5. The average Bonchev–Trinajstić information content (AvgIpc) is 2.60. The molecule has 3 atom stereocenters. The van der Waals surface area contributed by atoms with Crippen LogP contribution in [-0.2, 0) is 19.1 Å². The summed E-state index contributed by atoms with van der Waals surface area (Å²) in [6, 6.07) is -1.68. The third-order valence-electron chi connectivity index (χ3n) is 5.30. The molecule has 30 heavy (non-hydrogen) atoms. The molecule has 0 aromatic heterocycles. The minimum atomic E-state index is -2.43. The Morgan fingerprint density at radius 2 is 1.37 bits per heavy atom. The van der Waals surface area contributed by atoms with Crippen LogP contribution in [0, 0.1) is 5.41 Å². The number of rotatable bonds is 16. The van der Waals surface area contributed by atoms with E-state index < -0.39 is 40.8 Å². The third kappa shape index (κ3) is 9.13. The molecule has 0 spiro atoms. The van der Waals surface area contributed by atoms with Gasteiger partial charge in [-0.1, -0.05) is 65.2 Å². The lowest BCUT2D eigenvalue weighted by Crippen LogP contribution is -2.60. The van der Waals surface area contributed by atoms with Gasteiger partial charge in [0.05, 0.1) is 0 Å². The number of aliphatic carboxylic acids is 1. The molecule has 0 aromatic carbocycles. The fraction of sp³-hybridized carbons (Fsp3) is 0.870. The van der Waals surface area contributed by atoms with Gasteiger partial charge in [-0.2, -0.15) is 0 Å². The van der Waals surface area contributed by atoms with Crippen molar-refractivity contribution in [3.63, 3.8) is 0 Å². The van der Waals surface area contributed by atoms with Crippen molar-refractivity contribution in [1.82, 2.24) is 0 Å². The number of carbonyl (C=O) groups is 3. The van der Waals surface area contributed by atoms with Gasteiger partial charge in [-0.25, -0.2) is 0 Å². The quantitative estimate of drug-likeness (QED) is 0.192. The fourth-order valence-electron chi connectivity index (χ4n) is 3.54.